The maximum atomic E-state index is 12.2. The van der Waals surface area contributed by atoms with Crippen molar-refractivity contribution in [2.75, 3.05) is 11.4 Å². The summed E-state index contributed by atoms with van der Waals surface area (Å²) in [4.78, 5) is 14.1. The molecule has 2 bridgehead atoms. The van der Waals surface area contributed by atoms with Crippen LogP contribution in [0.4, 0.5) is 5.69 Å². The fourth-order valence-corrected chi connectivity index (χ4v) is 2.76. The molecule has 0 radical (unpaired) electrons. The van der Waals surface area contributed by atoms with Gasteiger partial charge < -0.3 is 9.64 Å². The van der Waals surface area contributed by atoms with Gasteiger partial charge in [0.25, 0.3) is 5.91 Å². The van der Waals surface area contributed by atoms with E-state index in [1.54, 1.807) is 0 Å². The Morgan fingerprint density at radius 1 is 1.22 bits per heavy atom. The highest BCUT2D eigenvalue weighted by atomic mass is 16.5. The first-order valence-electron chi connectivity index (χ1n) is 6.72. The Balaban J connectivity index is 1.84. The van der Waals surface area contributed by atoms with Gasteiger partial charge in [-0.2, -0.15) is 0 Å². The molecule has 18 heavy (non-hydrogen) atoms. The monoisotopic (exact) mass is 245 g/mol. The maximum absolute atomic E-state index is 12.2. The molecule has 3 rings (SSSR count). The second kappa shape index (κ2) is 4.39. The van der Waals surface area contributed by atoms with Gasteiger partial charge in [-0.15, -0.1) is 0 Å². The van der Waals surface area contributed by atoms with Crippen LogP contribution in [0.5, 0.6) is 0 Å². The largest absolute Gasteiger partial charge is 0.363 e. The third-order valence-corrected chi connectivity index (χ3v) is 3.91. The Labute approximate surface area is 108 Å². The van der Waals surface area contributed by atoms with E-state index in [9.17, 15) is 4.79 Å². The van der Waals surface area contributed by atoms with E-state index in [1.165, 1.54) is 5.56 Å². The number of carbonyl (C=O) groups excluding carboxylic acids is 1. The van der Waals surface area contributed by atoms with Crippen LogP contribution < -0.4 is 4.90 Å². The second-order valence-corrected chi connectivity index (χ2v) is 5.52. The Morgan fingerprint density at radius 3 is 2.61 bits per heavy atom. The van der Waals surface area contributed by atoms with E-state index >= 15 is 0 Å². The molecule has 0 aliphatic carbocycles. The minimum absolute atomic E-state index is 0.126. The molecule has 0 saturated carbocycles. The number of amides is 1. The van der Waals surface area contributed by atoms with Gasteiger partial charge in [0.05, 0.1) is 12.6 Å². The van der Waals surface area contributed by atoms with E-state index in [4.69, 9.17) is 4.74 Å². The number of ether oxygens (including phenoxy) is 1. The number of fused-ring (bicyclic) bond motifs is 2. The molecule has 2 unspecified atom stereocenters. The van der Waals surface area contributed by atoms with Crippen molar-refractivity contribution < 1.29 is 9.53 Å². The normalized spacial score (nSPS) is 27.1. The van der Waals surface area contributed by atoms with Crippen molar-refractivity contribution >= 4 is 11.6 Å². The average Bonchev–Trinajstić information content (AvgIpc) is 2.78. The number of morpholine rings is 1. The third-order valence-electron chi connectivity index (χ3n) is 3.91. The zero-order valence-electron chi connectivity index (χ0n) is 10.9. The second-order valence-electron chi connectivity index (χ2n) is 5.52. The van der Waals surface area contributed by atoms with Gasteiger partial charge in [-0.05, 0) is 36.5 Å². The Morgan fingerprint density at radius 2 is 1.94 bits per heavy atom. The number of rotatable bonds is 2. The van der Waals surface area contributed by atoms with Crippen molar-refractivity contribution in [1.29, 1.82) is 0 Å². The van der Waals surface area contributed by atoms with Crippen LogP contribution in [0.25, 0.3) is 0 Å². The molecule has 2 aliphatic heterocycles. The predicted octanol–water partition coefficient (Wildman–Crippen LogP) is 2.70. The molecule has 1 aromatic rings. The van der Waals surface area contributed by atoms with Gasteiger partial charge in [0.15, 0.2) is 0 Å². The molecular weight excluding hydrogens is 226 g/mol. The first kappa shape index (κ1) is 11.7. The van der Waals surface area contributed by atoms with Crippen LogP contribution in [0.15, 0.2) is 24.3 Å². The van der Waals surface area contributed by atoms with E-state index in [-0.39, 0.29) is 18.1 Å². The standard InChI is InChI=1S/C15H19NO2/c1-10(2)11-3-5-12(6-4-11)16-9-13-7-8-14(18-13)15(16)17/h3-6,10,13-14H,7-9H2,1-2H3. The molecule has 3 nitrogen and oxygen atoms in total. The van der Waals surface area contributed by atoms with Gasteiger partial charge >= 0.3 is 0 Å². The van der Waals surface area contributed by atoms with Crippen LogP contribution in [0.3, 0.4) is 0 Å². The van der Waals surface area contributed by atoms with Gasteiger partial charge in [0.1, 0.15) is 6.10 Å². The zero-order valence-corrected chi connectivity index (χ0v) is 10.9. The molecule has 2 aliphatic rings. The summed E-state index contributed by atoms with van der Waals surface area (Å²) < 4.78 is 5.63. The fraction of sp³-hybridized carbons (Fsp3) is 0.533. The van der Waals surface area contributed by atoms with Crippen LogP contribution in [0, 0.1) is 0 Å². The third kappa shape index (κ3) is 1.93. The Kier molecular flexibility index (Phi) is 2.86. The molecule has 2 fully saturated rings. The molecule has 3 heteroatoms. The van der Waals surface area contributed by atoms with Crippen LogP contribution in [-0.4, -0.2) is 24.7 Å². The van der Waals surface area contributed by atoms with Gasteiger partial charge in [0, 0.05) is 5.69 Å². The van der Waals surface area contributed by atoms with Gasteiger partial charge in [0.2, 0.25) is 0 Å². The zero-order chi connectivity index (χ0) is 12.7. The quantitative estimate of drug-likeness (QED) is 0.801. The summed E-state index contributed by atoms with van der Waals surface area (Å²) in [6.45, 7) is 5.06. The van der Waals surface area contributed by atoms with E-state index in [2.05, 4.69) is 38.1 Å². The smallest absolute Gasteiger partial charge is 0.256 e. The number of hydrogen-bond acceptors (Lipinski definition) is 2. The Bertz CT molecular complexity index is 452. The lowest BCUT2D eigenvalue weighted by Gasteiger charge is -2.32. The summed E-state index contributed by atoms with van der Waals surface area (Å²) in [5.41, 5.74) is 2.31. The molecule has 1 aromatic carbocycles. The van der Waals surface area contributed by atoms with Crippen LogP contribution in [0.2, 0.25) is 0 Å². The van der Waals surface area contributed by atoms with Crippen molar-refractivity contribution in [3.63, 3.8) is 0 Å². The highest BCUT2D eigenvalue weighted by Gasteiger charge is 2.40. The molecule has 0 N–H and O–H groups in total. The molecule has 0 aromatic heterocycles. The highest BCUT2D eigenvalue weighted by molar-refractivity contribution is 5.97. The summed E-state index contributed by atoms with van der Waals surface area (Å²) in [7, 11) is 0. The van der Waals surface area contributed by atoms with Crippen LogP contribution >= 0.6 is 0 Å². The number of carbonyl (C=O) groups is 1. The van der Waals surface area contributed by atoms with Crippen LogP contribution in [-0.2, 0) is 9.53 Å². The van der Waals surface area contributed by atoms with Crippen molar-refractivity contribution in [3.8, 4) is 0 Å². The molecule has 2 atom stereocenters. The maximum Gasteiger partial charge on any atom is 0.256 e. The van der Waals surface area contributed by atoms with Gasteiger partial charge in [-0.25, -0.2) is 0 Å². The topological polar surface area (TPSA) is 29.5 Å². The number of anilines is 1. The molecule has 0 spiro atoms. The summed E-state index contributed by atoms with van der Waals surface area (Å²) in [6.07, 6.45) is 1.92. The minimum atomic E-state index is -0.200. The van der Waals surface area contributed by atoms with Gasteiger partial charge in [-0.3, -0.25) is 4.79 Å². The lowest BCUT2D eigenvalue weighted by molar-refractivity contribution is -0.133. The van der Waals surface area contributed by atoms with E-state index in [0.29, 0.717) is 12.5 Å². The lowest BCUT2D eigenvalue weighted by Crippen LogP contribution is -2.47. The summed E-state index contributed by atoms with van der Waals surface area (Å²) in [5.74, 6) is 0.650. The summed E-state index contributed by atoms with van der Waals surface area (Å²) in [5, 5.41) is 0. The van der Waals surface area contributed by atoms with Crippen molar-refractivity contribution in [3.05, 3.63) is 29.8 Å². The van der Waals surface area contributed by atoms with Crippen molar-refractivity contribution in [2.24, 2.45) is 0 Å². The van der Waals surface area contributed by atoms with Gasteiger partial charge in [-0.1, -0.05) is 26.0 Å². The number of hydrogen-bond donors (Lipinski definition) is 0. The number of nitrogens with zero attached hydrogens (tertiary/aromatic N) is 1. The molecule has 2 saturated heterocycles. The lowest BCUT2D eigenvalue weighted by atomic mass is 10.0. The first-order chi connectivity index (χ1) is 8.65. The molecule has 1 amide bonds. The van der Waals surface area contributed by atoms with E-state index < -0.39 is 0 Å². The first-order valence-corrected chi connectivity index (χ1v) is 6.72. The predicted molar refractivity (Wildman–Crippen MR) is 70.8 cm³/mol. The fourth-order valence-electron chi connectivity index (χ4n) is 2.76. The summed E-state index contributed by atoms with van der Waals surface area (Å²) >= 11 is 0. The van der Waals surface area contributed by atoms with Crippen LogP contribution in [0.1, 0.15) is 38.2 Å². The van der Waals surface area contributed by atoms with E-state index in [1.807, 2.05) is 4.90 Å². The number of benzene rings is 1. The minimum Gasteiger partial charge on any atom is -0.363 e. The molecular formula is C15H19NO2. The van der Waals surface area contributed by atoms with Crippen molar-refractivity contribution in [2.45, 2.75) is 44.8 Å². The average molecular weight is 245 g/mol. The van der Waals surface area contributed by atoms with Crippen molar-refractivity contribution in [1.82, 2.24) is 0 Å². The highest BCUT2D eigenvalue weighted by Crippen LogP contribution is 2.31. The van der Waals surface area contributed by atoms with E-state index in [0.717, 1.165) is 18.5 Å². The SMILES string of the molecule is CC(C)c1ccc(N2CC3CCC(O3)C2=O)cc1. The molecule has 2 heterocycles. The molecule has 96 valence electrons. The Hall–Kier alpha value is -1.35. The summed E-state index contributed by atoms with van der Waals surface area (Å²) in [6, 6.07) is 8.34.